The van der Waals surface area contributed by atoms with Crippen LogP contribution in [0, 0.1) is 11.8 Å². The van der Waals surface area contributed by atoms with Gasteiger partial charge in [-0.1, -0.05) is 52.8 Å². The molecule has 5 fully saturated rings. The number of anilines is 1. The minimum atomic E-state index is -2.10. The van der Waals surface area contributed by atoms with Gasteiger partial charge in [0.25, 0.3) is 18.2 Å². The first kappa shape index (κ1) is 70.1. The van der Waals surface area contributed by atoms with Crippen molar-refractivity contribution in [1.82, 2.24) is 51.5 Å². The van der Waals surface area contributed by atoms with E-state index in [2.05, 4.69) is 75.0 Å². The van der Waals surface area contributed by atoms with Gasteiger partial charge in [0, 0.05) is 99.4 Å². The lowest BCUT2D eigenvalue weighted by atomic mass is 9.86. The number of aromatic nitrogens is 2. The maximum atomic E-state index is 14.7. The zero-order valence-corrected chi connectivity index (χ0v) is 53.2. The summed E-state index contributed by atoms with van der Waals surface area (Å²) >= 11 is 1.43. The van der Waals surface area contributed by atoms with Gasteiger partial charge in [0.2, 0.25) is 35.4 Å². The third kappa shape index (κ3) is 17.2. The van der Waals surface area contributed by atoms with Crippen LogP contribution in [0.25, 0.3) is 21.1 Å². The molecule has 93 heavy (non-hydrogen) atoms. The van der Waals surface area contributed by atoms with Gasteiger partial charge >= 0.3 is 0 Å². The van der Waals surface area contributed by atoms with E-state index < -0.39 is 158 Å². The van der Waals surface area contributed by atoms with Crippen LogP contribution in [0.5, 0.6) is 11.5 Å². The second-order valence-electron chi connectivity index (χ2n) is 24.6. The van der Waals surface area contributed by atoms with Crippen molar-refractivity contribution in [2.24, 2.45) is 17.6 Å². The summed E-state index contributed by atoms with van der Waals surface area (Å²) in [6.07, 6.45) is -7.07. The molecule has 506 valence electrons. The van der Waals surface area contributed by atoms with Crippen molar-refractivity contribution < 1.29 is 88.1 Å². The zero-order chi connectivity index (χ0) is 66.8. The molecule has 1 saturated carbocycles. The van der Waals surface area contributed by atoms with E-state index in [-0.39, 0.29) is 48.7 Å². The van der Waals surface area contributed by atoms with Gasteiger partial charge in [-0.15, -0.1) is 10.2 Å². The predicted octanol–water partition coefficient (Wildman–Crippen LogP) is -1.06. The van der Waals surface area contributed by atoms with E-state index >= 15 is 0 Å². The Labute approximate surface area is 544 Å². The topological polar surface area (TPSA) is 434 Å². The van der Waals surface area contributed by atoms with E-state index in [4.69, 9.17) is 15.2 Å². The van der Waals surface area contributed by atoms with Crippen LogP contribution >= 0.6 is 23.7 Å². The summed E-state index contributed by atoms with van der Waals surface area (Å²) < 4.78 is 9.35. The number of nitrogens with one attached hydrogen (secondary N) is 5. The van der Waals surface area contributed by atoms with Gasteiger partial charge in [-0.25, -0.2) is 5.26 Å². The Morgan fingerprint density at radius 1 is 0.753 bits per heavy atom. The number of carbonyl (C=O) groups is 7. The molecule has 0 spiro atoms. The molecule has 0 bridgehead atoms. The van der Waals surface area contributed by atoms with Crippen LogP contribution in [0.1, 0.15) is 81.6 Å². The van der Waals surface area contributed by atoms with Crippen molar-refractivity contribution in [1.29, 1.82) is 0 Å². The number of aliphatic hydroxyl groups excluding tert-OH is 6. The van der Waals surface area contributed by atoms with Crippen LogP contribution in [-0.4, -0.2) is 239 Å². The monoisotopic (exact) mass is 1330 g/mol. The molecule has 5 aliphatic rings. The number of aromatic hydroxyl groups is 1. The fourth-order valence-electron chi connectivity index (χ4n) is 12.7. The molecule has 1 unspecified atom stereocenters. The van der Waals surface area contributed by atoms with Crippen molar-refractivity contribution in [2.45, 2.75) is 151 Å². The molecule has 4 aliphatic heterocycles. The summed E-state index contributed by atoms with van der Waals surface area (Å²) in [6, 6.07) is 7.60. The third-order valence-electron chi connectivity index (χ3n) is 18.0. The van der Waals surface area contributed by atoms with Gasteiger partial charge in [-0.05, 0) is 106 Å². The second-order valence-corrected chi connectivity index (χ2v) is 26.1. The van der Waals surface area contributed by atoms with Crippen molar-refractivity contribution in [2.75, 3.05) is 57.3 Å². The summed E-state index contributed by atoms with van der Waals surface area (Å²) in [6.45, 7) is 7.20. The minimum absolute atomic E-state index is 0.0375. The number of hydrogen-bond donors (Lipinski definition) is 14. The van der Waals surface area contributed by atoms with E-state index in [0.29, 0.717) is 21.6 Å². The van der Waals surface area contributed by atoms with Gasteiger partial charge in [0.05, 0.1) is 36.6 Å². The van der Waals surface area contributed by atoms with Gasteiger partial charge in [-0.3, -0.25) is 38.5 Å². The minimum Gasteiger partial charge on any atom is -0.504 e. The number of phenolic OH excluding ortho intramolecular Hbond substituents is 1. The van der Waals surface area contributed by atoms with E-state index in [0.717, 1.165) is 66.1 Å². The quantitative estimate of drug-likeness (QED) is 0.0259. The standard InChI is InChI=1S/C61H82N12O18S2/c1-31-4-13-38(14-5-31)70-20-22-71(23-21-70)39-15-11-37(12-16-39)59-69-68-58(92-59)36-9-7-35(8-10-36)53(81)64-42-26-40(75)28-63-57(85)51-52(80)32(2)29-73(51)61(87)50(45(78)18-19-62)67-56(84)49(46(79)24-34-6-17-44(77)47(25-34)89-93-91-90-88)66-55(83)43-27-41(76)30-72(43)60(86)48(33(3)74)65-54(42)82/h6-12,15-17,25,31-33,38,40-43,45-46,48-52,74-80,88H,4-5,13-14,18-24,26-30,62H2,1-3H3,(H,63,85)(H,64,81)(H,65,82)(H,66,83)(H,67,84)/t31?,32-,33+,38?,40+,41+,42?,43-,45+,46+,48-,49-,50-,51-,52-/m0/s1. The number of hydrogen-bond acceptors (Lipinski definition) is 25. The molecule has 4 aromatic rings. The van der Waals surface area contributed by atoms with Gasteiger partial charge < -0.3 is 86.9 Å². The Bertz CT molecular complexity index is 3250. The van der Waals surface area contributed by atoms with E-state index in [1.165, 1.54) is 68.2 Å². The molecular formula is C61H82N12O18S2. The highest BCUT2D eigenvalue weighted by molar-refractivity contribution is 7.90. The number of benzene rings is 3. The summed E-state index contributed by atoms with van der Waals surface area (Å²) in [5, 5.41) is 113. The van der Waals surface area contributed by atoms with Crippen LogP contribution in [0.2, 0.25) is 0 Å². The number of β-amino-alcohol motifs (C(OH)–C–C–N with tert-alkyl or cyclic N) is 1. The Morgan fingerprint density at radius 2 is 1.39 bits per heavy atom. The summed E-state index contributed by atoms with van der Waals surface area (Å²) in [7, 11) is 0. The van der Waals surface area contributed by atoms with Crippen molar-refractivity contribution in [3.8, 4) is 32.6 Å². The Kier molecular flexibility index (Phi) is 24.0. The number of fused-ring (bicyclic) bond motifs is 2. The average Bonchev–Trinajstić information content (AvgIpc) is 1.74. The molecule has 32 heteroatoms. The molecule has 1 aromatic heterocycles. The van der Waals surface area contributed by atoms with Crippen LogP contribution in [0.4, 0.5) is 5.69 Å². The number of amides is 7. The molecule has 0 radical (unpaired) electrons. The van der Waals surface area contributed by atoms with Crippen molar-refractivity contribution >= 4 is 70.7 Å². The lowest BCUT2D eigenvalue weighted by Crippen LogP contribution is -2.64. The van der Waals surface area contributed by atoms with E-state index in [9.17, 15) is 69.3 Å². The number of carbonyl (C=O) groups excluding carboxylic acids is 7. The normalized spacial score (nSPS) is 28.4. The molecular weight excluding hydrogens is 1250 g/mol. The Hall–Kier alpha value is -7.18. The van der Waals surface area contributed by atoms with Crippen LogP contribution < -0.4 is 41.4 Å². The summed E-state index contributed by atoms with van der Waals surface area (Å²) in [5.74, 6) is -8.46. The highest BCUT2D eigenvalue weighted by Crippen LogP contribution is 2.35. The first-order valence-corrected chi connectivity index (χ1v) is 32.6. The SMILES string of the molecule is CC1CCC(N2CCN(c3ccc(-c4nnc(-c5ccc(C(=O)NC6C[C@@H](O)CNC(=O)[C@@H]7[C@@H](O)[C@@H](C)CN7C(=O)[C@H]([C@H](O)CCN)NC(=O)[C@H]([C@H](O)Cc7ccc(O)c(OSOOO)c7)NC(=O)[C@@H]7C[C@@H](O)CN7C(=O)[C@H]([C@@H](C)O)NC6=O)cc5)s4)cc3)CC2)CC1. The lowest BCUT2D eigenvalue weighted by Gasteiger charge is -2.42. The van der Waals surface area contributed by atoms with Crippen LogP contribution in [0.15, 0.2) is 66.7 Å². The number of nitrogens with zero attached hydrogens (tertiary/aromatic N) is 6. The molecule has 9 rings (SSSR count). The molecule has 13 atom stereocenters. The maximum Gasteiger partial charge on any atom is 0.261 e. The summed E-state index contributed by atoms with van der Waals surface area (Å²) in [4.78, 5) is 108. The first-order chi connectivity index (χ1) is 44.5. The number of phenols is 1. The molecule has 15 N–H and O–H groups in total. The number of rotatable bonds is 17. The Morgan fingerprint density at radius 3 is 2.03 bits per heavy atom. The molecule has 1 aliphatic carbocycles. The Balaban J connectivity index is 0.949. The summed E-state index contributed by atoms with van der Waals surface area (Å²) in [5.41, 5.74) is 8.60. The number of nitrogens with two attached hydrogens (primary N) is 1. The van der Waals surface area contributed by atoms with Gasteiger partial charge in [0.1, 0.15) is 46.3 Å². The molecule has 30 nitrogen and oxygen atoms in total. The van der Waals surface area contributed by atoms with E-state index in [1.807, 2.05) is 12.1 Å². The number of aliphatic hydroxyl groups is 6. The fourth-order valence-corrected chi connectivity index (χ4v) is 13.8. The highest BCUT2D eigenvalue weighted by Gasteiger charge is 2.50. The smallest absolute Gasteiger partial charge is 0.261 e. The molecule has 7 amide bonds. The molecule has 5 heterocycles. The zero-order valence-electron chi connectivity index (χ0n) is 51.6. The van der Waals surface area contributed by atoms with Gasteiger partial charge in [-0.2, -0.15) is 0 Å². The van der Waals surface area contributed by atoms with Gasteiger partial charge in [0.15, 0.2) is 11.5 Å². The van der Waals surface area contributed by atoms with E-state index in [1.54, 1.807) is 12.1 Å². The third-order valence-corrected chi connectivity index (χ3v) is 19.4. The fraction of sp³-hybridized carbons (Fsp3) is 0.557. The largest absolute Gasteiger partial charge is 0.504 e. The number of piperazine rings is 1. The predicted molar refractivity (Wildman–Crippen MR) is 336 cm³/mol. The van der Waals surface area contributed by atoms with Crippen molar-refractivity contribution in [3.05, 3.63) is 77.9 Å². The van der Waals surface area contributed by atoms with Crippen molar-refractivity contribution in [3.63, 3.8) is 0 Å². The molecule has 3 aromatic carbocycles. The first-order valence-electron chi connectivity index (χ1n) is 31.1. The molecule has 4 saturated heterocycles. The maximum absolute atomic E-state index is 14.7. The average molecular weight is 1340 g/mol. The highest BCUT2D eigenvalue weighted by atomic mass is 32.2. The second kappa shape index (κ2) is 31.8. The van der Waals surface area contributed by atoms with Crippen LogP contribution in [-0.2, 0) is 44.6 Å². The lowest BCUT2D eigenvalue weighted by molar-refractivity contribution is -0.433. The van der Waals surface area contributed by atoms with Crippen LogP contribution in [0.3, 0.4) is 0 Å².